The second kappa shape index (κ2) is 9.47. The van der Waals surface area contributed by atoms with Crippen molar-refractivity contribution in [3.05, 3.63) is 58.6 Å². The van der Waals surface area contributed by atoms with Gasteiger partial charge in [0.05, 0.1) is 14.2 Å². The van der Waals surface area contributed by atoms with Gasteiger partial charge < -0.3 is 23.4 Å². The number of nitrogens with zero attached hydrogens (tertiary/aromatic N) is 1. The summed E-state index contributed by atoms with van der Waals surface area (Å²) in [6, 6.07) is 12.8. The fourth-order valence-corrected chi connectivity index (χ4v) is 3.05. The van der Waals surface area contributed by atoms with Gasteiger partial charge in [-0.15, -0.1) is 0 Å². The van der Waals surface area contributed by atoms with E-state index in [0.717, 1.165) is 16.9 Å². The maximum atomic E-state index is 11.2. The van der Waals surface area contributed by atoms with Crippen LogP contribution in [0.25, 0.3) is 11.3 Å². The van der Waals surface area contributed by atoms with Crippen molar-refractivity contribution in [2.75, 3.05) is 20.8 Å². The second-order valence-electron chi connectivity index (χ2n) is 6.04. The van der Waals surface area contributed by atoms with Gasteiger partial charge in [-0.25, -0.2) is 9.78 Å². The molecule has 0 unspecified atom stereocenters. The third kappa shape index (κ3) is 5.29. The molecule has 0 saturated carbocycles. The van der Waals surface area contributed by atoms with Crippen molar-refractivity contribution in [2.24, 2.45) is 0 Å². The Morgan fingerprint density at radius 3 is 2.45 bits per heavy atom. The lowest BCUT2D eigenvalue weighted by atomic mass is 10.2. The maximum Gasteiger partial charge on any atom is 0.343 e. The average molecular weight is 462 g/mol. The van der Waals surface area contributed by atoms with Gasteiger partial charge in [0, 0.05) is 5.56 Å². The highest BCUT2D eigenvalue weighted by Gasteiger charge is 2.14. The Balaban J connectivity index is 1.64. The van der Waals surface area contributed by atoms with Crippen molar-refractivity contribution in [1.82, 2.24) is 4.98 Å². The summed E-state index contributed by atoms with van der Waals surface area (Å²) >= 11 is 3.40. The minimum absolute atomic E-state index is 0.143. The molecule has 3 aromatic rings. The van der Waals surface area contributed by atoms with Gasteiger partial charge in [0.25, 0.3) is 0 Å². The van der Waals surface area contributed by atoms with Crippen molar-refractivity contribution >= 4 is 21.9 Å². The Morgan fingerprint density at radius 2 is 1.79 bits per heavy atom. The maximum absolute atomic E-state index is 11.2. The zero-order chi connectivity index (χ0) is 20.8. The van der Waals surface area contributed by atoms with Gasteiger partial charge in [-0.3, -0.25) is 0 Å². The highest BCUT2D eigenvalue weighted by molar-refractivity contribution is 9.10. The van der Waals surface area contributed by atoms with Crippen molar-refractivity contribution < 1.29 is 28.2 Å². The minimum atomic E-state index is -0.438. The quantitative estimate of drug-likeness (QED) is 0.455. The predicted molar refractivity (Wildman–Crippen MR) is 109 cm³/mol. The summed E-state index contributed by atoms with van der Waals surface area (Å²) in [5.74, 6) is 1.99. The number of aromatic nitrogens is 1. The number of halogens is 1. The van der Waals surface area contributed by atoms with Crippen LogP contribution in [0.5, 0.6) is 17.2 Å². The third-order valence-corrected chi connectivity index (χ3v) is 4.61. The van der Waals surface area contributed by atoms with Gasteiger partial charge >= 0.3 is 5.97 Å². The van der Waals surface area contributed by atoms with Crippen molar-refractivity contribution in [3.63, 3.8) is 0 Å². The molecule has 1 aromatic heterocycles. The number of oxazole rings is 1. The van der Waals surface area contributed by atoms with Crippen LogP contribution in [0.4, 0.5) is 0 Å². The second-order valence-corrected chi connectivity index (χ2v) is 6.76. The molecular weight excluding hydrogens is 442 g/mol. The lowest BCUT2D eigenvalue weighted by Crippen LogP contribution is -2.13. The van der Waals surface area contributed by atoms with Gasteiger partial charge in [0.1, 0.15) is 22.9 Å². The highest BCUT2D eigenvalue weighted by Crippen LogP contribution is 2.30. The van der Waals surface area contributed by atoms with Crippen LogP contribution in [0.1, 0.15) is 11.5 Å². The summed E-state index contributed by atoms with van der Waals surface area (Å²) in [5.41, 5.74) is 2.42. The van der Waals surface area contributed by atoms with E-state index >= 15 is 0 Å². The lowest BCUT2D eigenvalue weighted by molar-refractivity contribution is -0.142. The lowest BCUT2D eigenvalue weighted by Gasteiger charge is -2.10. The number of carbonyl (C=O) groups excluding carboxylic acids is 1. The molecule has 152 valence electrons. The molecule has 29 heavy (non-hydrogen) atoms. The Kier molecular flexibility index (Phi) is 6.77. The molecule has 1 heterocycles. The molecule has 0 bridgehead atoms. The van der Waals surface area contributed by atoms with E-state index < -0.39 is 5.97 Å². The summed E-state index contributed by atoms with van der Waals surface area (Å²) in [7, 11) is 2.94. The predicted octanol–water partition coefficient (Wildman–Crippen LogP) is 4.55. The van der Waals surface area contributed by atoms with Crippen LogP contribution in [0.15, 0.2) is 51.6 Å². The summed E-state index contributed by atoms with van der Waals surface area (Å²) in [4.78, 5) is 15.7. The highest BCUT2D eigenvalue weighted by atomic mass is 79.9. The molecule has 0 atom stereocenters. The number of methoxy groups -OCH3 is 2. The topological polar surface area (TPSA) is 80.0 Å². The third-order valence-electron chi connectivity index (χ3n) is 4.08. The van der Waals surface area contributed by atoms with Gasteiger partial charge in [-0.2, -0.15) is 0 Å². The van der Waals surface area contributed by atoms with Gasteiger partial charge in [0.15, 0.2) is 17.9 Å². The number of benzene rings is 2. The molecule has 0 N–H and O–H groups in total. The van der Waals surface area contributed by atoms with E-state index in [1.165, 1.54) is 7.11 Å². The number of hydrogen-bond donors (Lipinski definition) is 0. The Hall–Kier alpha value is -3.00. The smallest absolute Gasteiger partial charge is 0.343 e. The van der Waals surface area contributed by atoms with Gasteiger partial charge in [-0.1, -0.05) is 0 Å². The standard InChI is InChI=1S/C21H20BrNO6/c1-13-10-16(8-9-17(13)28-12-19(24)26-3)27-11-18-23-20(21(22)29-18)14-4-6-15(25-2)7-5-14/h4-10H,11-12H2,1-3H3. The monoisotopic (exact) mass is 461 g/mol. The fraction of sp³-hybridized carbons (Fsp3) is 0.238. The normalized spacial score (nSPS) is 10.5. The summed E-state index contributed by atoms with van der Waals surface area (Å²) in [6.07, 6.45) is 0. The van der Waals surface area contributed by atoms with Crippen LogP contribution in [0.3, 0.4) is 0 Å². The minimum Gasteiger partial charge on any atom is -0.497 e. The molecule has 0 spiro atoms. The number of esters is 1. The molecule has 0 saturated heterocycles. The first-order valence-corrected chi connectivity index (χ1v) is 9.52. The van der Waals surface area contributed by atoms with Crippen molar-refractivity contribution in [1.29, 1.82) is 0 Å². The number of aryl methyl sites for hydroxylation is 1. The van der Waals surface area contributed by atoms with Crippen LogP contribution >= 0.6 is 15.9 Å². The molecule has 0 aliphatic rings. The van der Waals surface area contributed by atoms with Crippen LogP contribution in [0.2, 0.25) is 0 Å². The average Bonchev–Trinajstić information content (AvgIpc) is 3.11. The van der Waals surface area contributed by atoms with Crippen molar-refractivity contribution in [2.45, 2.75) is 13.5 Å². The van der Waals surface area contributed by atoms with Gasteiger partial charge in [-0.05, 0) is 70.9 Å². The summed E-state index contributed by atoms with van der Waals surface area (Å²) < 4.78 is 27.1. The Bertz CT molecular complexity index is 983. The number of carbonyl (C=O) groups is 1. The Morgan fingerprint density at radius 1 is 1.07 bits per heavy atom. The van der Waals surface area contributed by atoms with Gasteiger partial charge in [0.2, 0.25) is 5.89 Å². The zero-order valence-corrected chi connectivity index (χ0v) is 17.8. The van der Waals surface area contributed by atoms with E-state index in [9.17, 15) is 4.79 Å². The summed E-state index contributed by atoms with van der Waals surface area (Å²) in [5, 5.41) is 0. The molecule has 3 rings (SSSR count). The van der Waals surface area contributed by atoms with Crippen LogP contribution in [0, 0.1) is 6.92 Å². The molecule has 2 aromatic carbocycles. The molecule has 0 aliphatic carbocycles. The van der Waals surface area contributed by atoms with E-state index in [-0.39, 0.29) is 13.2 Å². The van der Waals surface area contributed by atoms with Crippen LogP contribution in [-0.2, 0) is 16.1 Å². The molecule has 8 heteroatoms. The van der Waals surface area contributed by atoms with E-state index in [2.05, 4.69) is 25.7 Å². The van der Waals surface area contributed by atoms with Crippen molar-refractivity contribution in [3.8, 4) is 28.5 Å². The number of ether oxygens (including phenoxy) is 4. The van der Waals surface area contributed by atoms with Crippen LogP contribution < -0.4 is 14.2 Å². The first kappa shape index (κ1) is 20.7. The summed E-state index contributed by atoms with van der Waals surface area (Å²) in [6.45, 7) is 1.88. The molecular formula is C21H20BrNO6. The number of rotatable bonds is 8. The largest absolute Gasteiger partial charge is 0.497 e. The van der Waals surface area contributed by atoms with Crippen LogP contribution in [-0.4, -0.2) is 31.8 Å². The molecule has 0 fully saturated rings. The number of hydrogen-bond acceptors (Lipinski definition) is 7. The molecule has 0 radical (unpaired) electrons. The first-order chi connectivity index (χ1) is 14.0. The SMILES string of the molecule is COC(=O)COc1ccc(OCc2nc(-c3ccc(OC)cc3)c(Br)o2)cc1C. The molecule has 0 aliphatic heterocycles. The van der Waals surface area contributed by atoms with E-state index in [1.54, 1.807) is 19.2 Å². The fourth-order valence-electron chi connectivity index (χ4n) is 2.55. The van der Waals surface area contributed by atoms with E-state index in [1.807, 2.05) is 37.3 Å². The van der Waals surface area contributed by atoms with E-state index in [4.69, 9.17) is 18.6 Å². The first-order valence-electron chi connectivity index (χ1n) is 8.73. The molecule has 0 amide bonds. The molecule has 7 nitrogen and oxygen atoms in total. The Labute approximate surface area is 176 Å². The zero-order valence-electron chi connectivity index (χ0n) is 16.2. The van der Waals surface area contributed by atoms with E-state index in [0.29, 0.717) is 27.8 Å².